The first-order valence-electron chi connectivity index (χ1n) is 8.90. The van der Waals surface area contributed by atoms with E-state index in [1.165, 1.54) is 6.92 Å². The van der Waals surface area contributed by atoms with Gasteiger partial charge in [0.15, 0.2) is 0 Å². The van der Waals surface area contributed by atoms with Gasteiger partial charge in [0.2, 0.25) is 11.8 Å². The number of aromatic nitrogens is 1. The van der Waals surface area contributed by atoms with E-state index in [4.69, 9.17) is 4.74 Å². The van der Waals surface area contributed by atoms with Crippen LogP contribution in [0.1, 0.15) is 30.4 Å². The monoisotopic (exact) mass is 365 g/mol. The Balaban J connectivity index is 1.60. The van der Waals surface area contributed by atoms with Gasteiger partial charge >= 0.3 is 0 Å². The number of hydrogen-bond acceptors (Lipinski definition) is 4. The molecule has 2 amide bonds. The second-order valence-corrected chi connectivity index (χ2v) is 6.50. The van der Waals surface area contributed by atoms with E-state index in [0.717, 1.165) is 29.8 Å². The summed E-state index contributed by atoms with van der Waals surface area (Å²) in [6.07, 6.45) is 5.85. The summed E-state index contributed by atoms with van der Waals surface area (Å²) in [6, 6.07) is 11.5. The molecule has 0 unspecified atom stereocenters. The molecule has 6 nitrogen and oxygen atoms in total. The first-order chi connectivity index (χ1) is 13.1. The Kier molecular flexibility index (Phi) is 5.86. The standard InChI is InChI=1S/C21H23N3O3/c1-15(25)23-20-9-7-16(13-22-20)8-10-21(26)24-12-11-17(14-24)18-5-3-4-6-19(18)27-2/h3-10,13,17H,11-12,14H2,1-2H3,(H,22,23,25)/b10-8+/t17-/m1/s1. The molecule has 27 heavy (non-hydrogen) atoms. The molecule has 1 atom stereocenters. The van der Waals surface area contributed by atoms with E-state index < -0.39 is 0 Å². The van der Waals surface area contributed by atoms with Crippen LogP contribution in [0.5, 0.6) is 5.75 Å². The molecule has 0 radical (unpaired) electrons. The van der Waals surface area contributed by atoms with E-state index in [1.807, 2.05) is 29.2 Å². The lowest BCUT2D eigenvalue weighted by Crippen LogP contribution is -2.26. The fraction of sp³-hybridized carbons (Fsp3) is 0.286. The Labute approximate surface area is 158 Å². The zero-order valence-electron chi connectivity index (χ0n) is 15.5. The number of nitrogens with one attached hydrogen (secondary N) is 1. The van der Waals surface area contributed by atoms with Gasteiger partial charge in [0.05, 0.1) is 7.11 Å². The Morgan fingerprint density at radius 1 is 1.26 bits per heavy atom. The maximum absolute atomic E-state index is 12.5. The highest BCUT2D eigenvalue weighted by Gasteiger charge is 2.27. The average Bonchev–Trinajstić information content (AvgIpc) is 3.17. The van der Waals surface area contributed by atoms with Crippen LogP contribution in [0.2, 0.25) is 0 Å². The second-order valence-electron chi connectivity index (χ2n) is 6.50. The molecule has 1 aromatic heterocycles. The molecule has 3 rings (SSSR count). The molecule has 1 fully saturated rings. The number of para-hydroxylation sites is 1. The van der Waals surface area contributed by atoms with Crippen molar-refractivity contribution in [3.63, 3.8) is 0 Å². The van der Waals surface area contributed by atoms with Crippen molar-refractivity contribution >= 4 is 23.7 Å². The first kappa shape index (κ1) is 18.6. The number of anilines is 1. The molecule has 0 spiro atoms. The van der Waals surface area contributed by atoms with Gasteiger partial charge in [-0.1, -0.05) is 18.2 Å². The van der Waals surface area contributed by atoms with Gasteiger partial charge in [0.25, 0.3) is 0 Å². The van der Waals surface area contributed by atoms with Crippen molar-refractivity contribution in [2.75, 3.05) is 25.5 Å². The number of carbonyl (C=O) groups is 2. The van der Waals surface area contributed by atoms with Gasteiger partial charge in [-0.3, -0.25) is 9.59 Å². The molecule has 1 saturated heterocycles. The van der Waals surface area contributed by atoms with Gasteiger partial charge in [-0.05, 0) is 41.8 Å². The van der Waals surface area contributed by atoms with Gasteiger partial charge in [-0.2, -0.15) is 0 Å². The highest BCUT2D eigenvalue weighted by atomic mass is 16.5. The highest BCUT2D eigenvalue weighted by Crippen LogP contribution is 2.33. The lowest BCUT2D eigenvalue weighted by Gasteiger charge is -2.16. The van der Waals surface area contributed by atoms with Gasteiger partial charge in [0, 0.05) is 38.2 Å². The van der Waals surface area contributed by atoms with Crippen molar-refractivity contribution in [1.82, 2.24) is 9.88 Å². The van der Waals surface area contributed by atoms with E-state index in [9.17, 15) is 9.59 Å². The van der Waals surface area contributed by atoms with E-state index in [-0.39, 0.29) is 17.7 Å². The fourth-order valence-corrected chi connectivity index (χ4v) is 3.25. The molecule has 1 aromatic carbocycles. The fourth-order valence-electron chi connectivity index (χ4n) is 3.25. The molecule has 140 valence electrons. The Hall–Kier alpha value is -3.15. The summed E-state index contributed by atoms with van der Waals surface area (Å²) in [7, 11) is 1.67. The molecular formula is C21H23N3O3. The van der Waals surface area contributed by atoms with Crippen LogP contribution in [0.15, 0.2) is 48.7 Å². The van der Waals surface area contributed by atoms with Gasteiger partial charge in [-0.15, -0.1) is 0 Å². The van der Waals surface area contributed by atoms with E-state index in [0.29, 0.717) is 12.4 Å². The largest absolute Gasteiger partial charge is 0.496 e. The Morgan fingerprint density at radius 3 is 2.78 bits per heavy atom. The highest BCUT2D eigenvalue weighted by molar-refractivity contribution is 5.92. The third kappa shape index (κ3) is 4.73. The number of hydrogen-bond donors (Lipinski definition) is 1. The maximum Gasteiger partial charge on any atom is 0.246 e. The molecule has 2 heterocycles. The Bertz CT molecular complexity index is 846. The molecule has 1 N–H and O–H groups in total. The predicted molar refractivity (Wildman–Crippen MR) is 105 cm³/mol. The predicted octanol–water partition coefficient (Wildman–Crippen LogP) is 3.08. The Morgan fingerprint density at radius 2 is 2.07 bits per heavy atom. The molecule has 1 aliphatic heterocycles. The van der Waals surface area contributed by atoms with Crippen LogP contribution >= 0.6 is 0 Å². The number of carbonyl (C=O) groups excluding carboxylic acids is 2. The van der Waals surface area contributed by atoms with Crippen molar-refractivity contribution in [3.8, 4) is 5.75 Å². The topological polar surface area (TPSA) is 71.5 Å². The minimum absolute atomic E-state index is 0.0154. The summed E-state index contributed by atoms with van der Waals surface area (Å²) >= 11 is 0. The summed E-state index contributed by atoms with van der Waals surface area (Å²) < 4.78 is 5.44. The normalized spacial score (nSPS) is 16.5. The van der Waals surface area contributed by atoms with Crippen molar-refractivity contribution < 1.29 is 14.3 Å². The molecule has 0 aliphatic carbocycles. The molecule has 0 bridgehead atoms. The number of likely N-dealkylation sites (tertiary alicyclic amines) is 1. The second kappa shape index (κ2) is 8.49. The first-order valence-corrected chi connectivity index (χ1v) is 8.90. The quantitative estimate of drug-likeness (QED) is 0.827. The van der Waals surface area contributed by atoms with Gasteiger partial charge in [-0.25, -0.2) is 4.98 Å². The summed E-state index contributed by atoms with van der Waals surface area (Å²) in [6.45, 7) is 2.84. The van der Waals surface area contributed by atoms with Crippen molar-refractivity contribution in [2.24, 2.45) is 0 Å². The van der Waals surface area contributed by atoms with Crippen LogP contribution in [-0.4, -0.2) is 41.9 Å². The maximum atomic E-state index is 12.5. The minimum atomic E-state index is -0.167. The number of amides is 2. The number of pyridine rings is 1. The van der Waals surface area contributed by atoms with Gasteiger partial charge < -0.3 is 15.0 Å². The summed E-state index contributed by atoms with van der Waals surface area (Å²) in [5, 5.41) is 2.61. The van der Waals surface area contributed by atoms with Crippen LogP contribution in [0, 0.1) is 0 Å². The zero-order valence-corrected chi connectivity index (χ0v) is 15.5. The third-order valence-corrected chi connectivity index (χ3v) is 4.59. The lowest BCUT2D eigenvalue weighted by molar-refractivity contribution is -0.125. The smallest absolute Gasteiger partial charge is 0.246 e. The van der Waals surface area contributed by atoms with Crippen LogP contribution < -0.4 is 10.1 Å². The third-order valence-electron chi connectivity index (χ3n) is 4.59. The molecule has 2 aromatic rings. The average molecular weight is 365 g/mol. The molecule has 6 heteroatoms. The van der Waals surface area contributed by atoms with E-state index in [1.54, 1.807) is 31.5 Å². The number of rotatable bonds is 5. The SMILES string of the molecule is COc1ccccc1[C@@H]1CCN(C(=O)/C=C/c2ccc(NC(C)=O)nc2)C1. The van der Waals surface area contributed by atoms with Crippen molar-refractivity contribution in [1.29, 1.82) is 0 Å². The molecule has 1 aliphatic rings. The van der Waals surface area contributed by atoms with Crippen LogP contribution in [-0.2, 0) is 9.59 Å². The van der Waals surface area contributed by atoms with Crippen LogP contribution in [0.4, 0.5) is 5.82 Å². The number of methoxy groups -OCH3 is 1. The van der Waals surface area contributed by atoms with E-state index in [2.05, 4.69) is 16.4 Å². The van der Waals surface area contributed by atoms with Crippen molar-refractivity contribution in [2.45, 2.75) is 19.3 Å². The van der Waals surface area contributed by atoms with E-state index >= 15 is 0 Å². The molecule has 0 saturated carbocycles. The number of ether oxygens (including phenoxy) is 1. The van der Waals surface area contributed by atoms with Gasteiger partial charge in [0.1, 0.15) is 11.6 Å². The summed E-state index contributed by atoms with van der Waals surface area (Å²) in [5.74, 6) is 1.47. The van der Waals surface area contributed by atoms with Crippen molar-refractivity contribution in [3.05, 3.63) is 59.8 Å². The number of benzene rings is 1. The number of nitrogens with zero attached hydrogens (tertiary/aromatic N) is 2. The summed E-state index contributed by atoms with van der Waals surface area (Å²) in [4.78, 5) is 29.5. The zero-order chi connectivity index (χ0) is 19.2. The van der Waals surface area contributed by atoms with Crippen LogP contribution in [0.25, 0.3) is 6.08 Å². The molecular weight excluding hydrogens is 342 g/mol. The van der Waals surface area contributed by atoms with Crippen LogP contribution in [0.3, 0.4) is 0 Å². The minimum Gasteiger partial charge on any atom is -0.496 e. The summed E-state index contributed by atoms with van der Waals surface area (Å²) in [5.41, 5.74) is 1.95. The lowest BCUT2D eigenvalue weighted by atomic mass is 9.97.